The normalized spacial score (nSPS) is 11.9. The Morgan fingerprint density at radius 1 is 1.30 bits per heavy atom. The molecule has 1 amide bonds. The maximum Gasteiger partial charge on any atom is 0.252 e. The van der Waals surface area contributed by atoms with E-state index in [0.717, 1.165) is 11.1 Å². The molecule has 1 heterocycles. The fourth-order valence-corrected chi connectivity index (χ4v) is 2.11. The highest BCUT2D eigenvalue weighted by Gasteiger charge is 2.14. The number of aromatic nitrogens is 1. The van der Waals surface area contributed by atoms with Crippen molar-refractivity contribution in [1.82, 2.24) is 10.3 Å². The average Bonchev–Trinajstić information content (AvgIpc) is 2.49. The first kappa shape index (κ1) is 14.2. The Morgan fingerprint density at radius 2 is 2.10 bits per heavy atom. The van der Waals surface area contributed by atoms with Gasteiger partial charge in [0, 0.05) is 18.0 Å². The fourth-order valence-electron chi connectivity index (χ4n) is 2.11. The Labute approximate surface area is 119 Å². The van der Waals surface area contributed by atoms with E-state index in [4.69, 9.17) is 5.73 Å². The van der Waals surface area contributed by atoms with Crippen LogP contribution in [0.25, 0.3) is 0 Å². The van der Waals surface area contributed by atoms with Crippen LogP contribution in [0.5, 0.6) is 0 Å². The Balaban J connectivity index is 2.12. The number of hydrogen-bond acceptors (Lipinski definition) is 3. The van der Waals surface area contributed by atoms with Gasteiger partial charge in [-0.1, -0.05) is 24.3 Å². The van der Waals surface area contributed by atoms with Gasteiger partial charge in [-0.3, -0.25) is 9.78 Å². The van der Waals surface area contributed by atoms with Gasteiger partial charge in [0.25, 0.3) is 5.91 Å². The zero-order chi connectivity index (χ0) is 14.4. The molecule has 0 aliphatic rings. The molecule has 1 aromatic carbocycles. The summed E-state index contributed by atoms with van der Waals surface area (Å²) in [4.78, 5) is 16.4. The first-order chi connectivity index (χ1) is 9.72. The molecule has 0 saturated carbocycles. The molecule has 104 valence electrons. The molecule has 4 heteroatoms. The molecule has 4 nitrogen and oxygen atoms in total. The number of rotatable bonds is 5. The fraction of sp³-hybridized carbons (Fsp3) is 0.250. The van der Waals surface area contributed by atoms with Gasteiger partial charge in [0.15, 0.2) is 0 Å². The number of benzene rings is 1. The minimum atomic E-state index is -0.0814. The summed E-state index contributed by atoms with van der Waals surface area (Å²) in [5.41, 5.74) is 8.23. The lowest BCUT2D eigenvalue weighted by atomic mass is 10.0. The molecular formula is C16H19N3O. The lowest BCUT2D eigenvalue weighted by molar-refractivity contribution is 0.0939. The summed E-state index contributed by atoms with van der Waals surface area (Å²) >= 11 is 0. The third-order valence-corrected chi connectivity index (χ3v) is 3.21. The molecule has 3 N–H and O–H groups in total. The number of nitrogens with zero attached hydrogens (tertiary/aromatic N) is 1. The highest BCUT2D eigenvalue weighted by molar-refractivity contribution is 5.95. The van der Waals surface area contributed by atoms with Crippen molar-refractivity contribution in [3.63, 3.8) is 0 Å². The van der Waals surface area contributed by atoms with E-state index < -0.39 is 0 Å². The Kier molecular flexibility index (Phi) is 4.85. The molecule has 0 saturated heterocycles. The van der Waals surface area contributed by atoms with Crippen molar-refractivity contribution in [2.45, 2.75) is 19.4 Å². The summed E-state index contributed by atoms with van der Waals surface area (Å²) in [7, 11) is 0. The van der Waals surface area contributed by atoms with Crippen LogP contribution in [0.4, 0.5) is 0 Å². The summed E-state index contributed by atoms with van der Waals surface area (Å²) in [6.07, 6.45) is 4.18. The second-order valence-corrected chi connectivity index (χ2v) is 4.68. The van der Waals surface area contributed by atoms with Gasteiger partial charge in [0.1, 0.15) is 0 Å². The van der Waals surface area contributed by atoms with E-state index in [0.29, 0.717) is 18.5 Å². The van der Waals surface area contributed by atoms with Gasteiger partial charge in [0.2, 0.25) is 0 Å². The molecule has 0 aliphatic heterocycles. The molecule has 20 heavy (non-hydrogen) atoms. The molecule has 1 aromatic heterocycles. The summed E-state index contributed by atoms with van der Waals surface area (Å²) in [5, 5.41) is 2.99. The van der Waals surface area contributed by atoms with E-state index in [1.54, 1.807) is 12.4 Å². The number of nitrogens with one attached hydrogen (secondary N) is 1. The second-order valence-electron chi connectivity index (χ2n) is 4.68. The molecule has 2 aromatic rings. The highest BCUT2D eigenvalue weighted by atomic mass is 16.1. The number of amides is 1. The van der Waals surface area contributed by atoms with Gasteiger partial charge in [-0.15, -0.1) is 0 Å². The van der Waals surface area contributed by atoms with Crippen LogP contribution < -0.4 is 11.1 Å². The number of nitrogens with two attached hydrogens (primary N) is 1. The molecule has 0 fully saturated rings. The summed E-state index contributed by atoms with van der Waals surface area (Å²) in [6.45, 7) is 2.48. The minimum absolute atomic E-state index is 0.0783. The predicted octanol–water partition coefficient (Wildman–Crippen LogP) is 2.07. The van der Waals surface area contributed by atoms with Gasteiger partial charge < -0.3 is 11.1 Å². The van der Waals surface area contributed by atoms with Crippen molar-refractivity contribution < 1.29 is 4.79 Å². The van der Waals surface area contributed by atoms with E-state index in [2.05, 4.69) is 10.3 Å². The van der Waals surface area contributed by atoms with E-state index in [9.17, 15) is 4.79 Å². The lowest BCUT2D eigenvalue weighted by Crippen LogP contribution is -2.27. The van der Waals surface area contributed by atoms with Crippen LogP contribution >= 0.6 is 0 Å². The molecule has 0 bridgehead atoms. The molecule has 2 rings (SSSR count). The van der Waals surface area contributed by atoms with Gasteiger partial charge in [-0.2, -0.15) is 0 Å². The van der Waals surface area contributed by atoms with Gasteiger partial charge in [0.05, 0.1) is 6.04 Å². The first-order valence-corrected chi connectivity index (χ1v) is 6.71. The van der Waals surface area contributed by atoms with Crippen molar-refractivity contribution in [2.75, 3.05) is 6.54 Å². The molecule has 0 unspecified atom stereocenters. The summed E-state index contributed by atoms with van der Waals surface area (Å²) in [5.74, 6) is -0.0783. The average molecular weight is 269 g/mol. The Hall–Kier alpha value is -2.20. The zero-order valence-electron chi connectivity index (χ0n) is 11.5. The van der Waals surface area contributed by atoms with Crippen molar-refractivity contribution in [2.24, 2.45) is 5.73 Å². The number of hydrogen-bond donors (Lipinski definition) is 2. The number of carbonyl (C=O) groups is 1. The van der Waals surface area contributed by atoms with Crippen molar-refractivity contribution in [1.29, 1.82) is 0 Å². The quantitative estimate of drug-likeness (QED) is 0.873. The second kappa shape index (κ2) is 6.82. The SMILES string of the molecule is C[C@H](NC(=O)c1ccccc1CCN)c1cccnc1. The third kappa shape index (κ3) is 3.42. The standard InChI is InChI=1S/C16H19N3O/c1-12(14-6-4-10-18-11-14)19-16(20)15-7-3-2-5-13(15)8-9-17/h2-7,10-12H,8-9,17H2,1H3,(H,19,20)/t12-/m0/s1. The molecular weight excluding hydrogens is 250 g/mol. The van der Waals surface area contributed by atoms with E-state index in [-0.39, 0.29) is 11.9 Å². The van der Waals surface area contributed by atoms with E-state index in [1.165, 1.54) is 0 Å². The maximum atomic E-state index is 12.4. The largest absolute Gasteiger partial charge is 0.345 e. The van der Waals surface area contributed by atoms with E-state index >= 15 is 0 Å². The summed E-state index contributed by atoms with van der Waals surface area (Å²) in [6, 6.07) is 11.3. The highest BCUT2D eigenvalue weighted by Crippen LogP contribution is 2.14. The predicted molar refractivity (Wildman–Crippen MR) is 79.3 cm³/mol. The van der Waals surface area contributed by atoms with Crippen LogP contribution in [0.2, 0.25) is 0 Å². The van der Waals surface area contributed by atoms with Crippen molar-refractivity contribution in [3.05, 3.63) is 65.5 Å². The molecule has 0 aliphatic carbocycles. The van der Waals surface area contributed by atoms with Crippen LogP contribution in [-0.2, 0) is 6.42 Å². The topological polar surface area (TPSA) is 68.0 Å². The molecule has 1 atom stereocenters. The van der Waals surface area contributed by atoms with Crippen LogP contribution in [-0.4, -0.2) is 17.4 Å². The van der Waals surface area contributed by atoms with Gasteiger partial charge in [-0.25, -0.2) is 0 Å². The van der Waals surface area contributed by atoms with Crippen LogP contribution in [0.1, 0.15) is 34.5 Å². The third-order valence-electron chi connectivity index (χ3n) is 3.21. The zero-order valence-corrected chi connectivity index (χ0v) is 11.5. The molecule has 0 spiro atoms. The van der Waals surface area contributed by atoms with Crippen LogP contribution in [0, 0.1) is 0 Å². The smallest absolute Gasteiger partial charge is 0.252 e. The van der Waals surface area contributed by atoms with Gasteiger partial charge in [-0.05, 0) is 43.1 Å². The minimum Gasteiger partial charge on any atom is -0.345 e. The Bertz CT molecular complexity index is 569. The van der Waals surface area contributed by atoms with Crippen molar-refractivity contribution >= 4 is 5.91 Å². The monoisotopic (exact) mass is 269 g/mol. The van der Waals surface area contributed by atoms with Crippen molar-refractivity contribution in [3.8, 4) is 0 Å². The number of carbonyl (C=O) groups excluding carboxylic acids is 1. The van der Waals surface area contributed by atoms with Gasteiger partial charge >= 0.3 is 0 Å². The molecule has 0 radical (unpaired) electrons. The van der Waals surface area contributed by atoms with Crippen LogP contribution in [0.3, 0.4) is 0 Å². The van der Waals surface area contributed by atoms with Crippen LogP contribution in [0.15, 0.2) is 48.8 Å². The number of pyridine rings is 1. The first-order valence-electron chi connectivity index (χ1n) is 6.71. The lowest BCUT2D eigenvalue weighted by Gasteiger charge is -2.15. The summed E-state index contributed by atoms with van der Waals surface area (Å²) < 4.78 is 0. The Morgan fingerprint density at radius 3 is 2.80 bits per heavy atom. The van der Waals surface area contributed by atoms with E-state index in [1.807, 2.05) is 43.3 Å². The maximum absolute atomic E-state index is 12.4.